The molecule has 4 heteroatoms. The van der Waals surface area contributed by atoms with Gasteiger partial charge in [0, 0.05) is 32.7 Å². The number of rotatable bonds is 4. The maximum Gasteiger partial charge on any atom is 0.0743 e. The second-order valence-corrected chi connectivity index (χ2v) is 4.46. The molecule has 0 unspecified atom stereocenters. The van der Waals surface area contributed by atoms with Crippen LogP contribution in [0.5, 0.6) is 0 Å². The molecule has 0 aromatic rings. The van der Waals surface area contributed by atoms with Crippen molar-refractivity contribution >= 4 is 0 Å². The number of piperazine rings is 1. The minimum Gasteiger partial charge on any atom is -0.314 e. The lowest BCUT2D eigenvalue weighted by Crippen LogP contribution is -2.53. The Kier molecular flexibility index (Phi) is 4.81. The van der Waals surface area contributed by atoms with E-state index in [0.717, 1.165) is 19.6 Å². The fourth-order valence-corrected chi connectivity index (χ4v) is 1.91. The van der Waals surface area contributed by atoms with Crippen molar-refractivity contribution in [3.8, 4) is 0 Å². The number of hydrogen-bond acceptors (Lipinski definition) is 4. The van der Waals surface area contributed by atoms with Crippen molar-refractivity contribution < 1.29 is 0 Å². The molecule has 1 fully saturated rings. The molecule has 84 valence electrons. The highest BCUT2D eigenvalue weighted by Gasteiger charge is 2.19. The van der Waals surface area contributed by atoms with Crippen molar-refractivity contribution in [1.82, 2.24) is 20.0 Å². The van der Waals surface area contributed by atoms with Crippen LogP contribution in [0.25, 0.3) is 0 Å². The number of nitrogens with zero attached hydrogens (tertiary/aromatic N) is 3. The van der Waals surface area contributed by atoms with Gasteiger partial charge in [0.1, 0.15) is 0 Å². The van der Waals surface area contributed by atoms with Gasteiger partial charge < -0.3 is 5.32 Å². The molecule has 1 heterocycles. The van der Waals surface area contributed by atoms with Gasteiger partial charge in [-0.25, -0.2) is 0 Å². The molecule has 1 aliphatic heterocycles. The normalized spacial score (nSPS) is 19.9. The summed E-state index contributed by atoms with van der Waals surface area (Å²) in [4.78, 5) is 7.09. The van der Waals surface area contributed by atoms with Gasteiger partial charge in [-0.3, -0.25) is 14.7 Å². The second-order valence-electron chi connectivity index (χ2n) is 4.46. The highest BCUT2D eigenvalue weighted by atomic mass is 15.3. The Balaban J connectivity index is 2.37. The molecule has 0 aromatic carbocycles. The van der Waals surface area contributed by atoms with Crippen LogP contribution in [-0.2, 0) is 0 Å². The summed E-state index contributed by atoms with van der Waals surface area (Å²) in [6.45, 7) is 5.76. The van der Waals surface area contributed by atoms with E-state index in [4.69, 9.17) is 0 Å². The fourth-order valence-electron chi connectivity index (χ4n) is 1.91. The van der Waals surface area contributed by atoms with Crippen molar-refractivity contribution in [2.24, 2.45) is 0 Å². The molecule has 1 N–H and O–H groups in total. The van der Waals surface area contributed by atoms with Crippen LogP contribution in [0.1, 0.15) is 0 Å². The van der Waals surface area contributed by atoms with Gasteiger partial charge in [-0.15, -0.1) is 0 Å². The Bertz CT molecular complexity index is 144. The lowest BCUT2D eigenvalue weighted by Gasteiger charge is -2.37. The average Bonchev–Trinajstić information content (AvgIpc) is 2.15. The van der Waals surface area contributed by atoms with Crippen LogP contribution in [0.2, 0.25) is 0 Å². The molecule has 0 amide bonds. The van der Waals surface area contributed by atoms with E-state index >= 15 is 0 Å². The molecular weight excluding hydrogens is 176 g/mol. The van der Waals surface area contributed by atoms with Crippen LogP contribution in [0.15, 0.2) is 0 Å². The van der Waals surface area contributed by atoms with Crippen molar-refractivity contribution in [2.45, 2.75) is 6.17 Å². The molecule has 0 saturated carbocycles. The quantitative estimate of drug-likeness (QED) is 0.608. The molecule has 14 heavy (non-hydrogen) atoms. The molecule has 1 aliphatic rings. The molecule has 0 atom stereocenters. The lowest BCUT2D eigenvalue weighted by atomic mass is 10.3. The van der Waals surface area contributed by atoms with E-state index in [2.05, 4.69) is 48.2 Å². The Hall–Kier alpha value is -0.160. The van der Waals surface area contributed by atoms with Crippen LogP contribution < -0.4 is 5.32 Å². The molecule has 4 nitrogen and oxygen atoms in total. The van der Waals surface area contributed by atoms with Gasteiger partial charge in [-0.2, -0.15) is 0 Å². The van der Waals surface area contributed by atoms with Gasteiger partial charge in [-0.05, 0) is 28.2 Å². The average molecular weight is 200 g/mol. The zero-order valence-corrected chi connectivity index (χ0v) is 9.95. The Morgan fingerprint density at radius 3 is 2.00 bits per heavy atom. The molecule has 0 bridgehead atoms. The monoisotopic (exact) mass is 200 g/mol. The summed E-state index contributed by atoms with van der Waals surface area (Å²) < 4.78 is 0. The van der Waals surface area contributed by atoms with E-state index in [1.807, 2.05) is 0 Å². The standard InChI is InChI=1S/C10H24N4/c1-12(2)10(13(3)4)9-14-7-5-11-6-8-14/h10-11H,5-9H2,1-4H3. The lowest BCUT2D eigenvalue weighted by molar-refractivity contribution is 0.0757. The second kappa shape index (κ2) is 5.66. The third-order valence-electron chi connectivity index (χ3n) is 2.82. The molecule has 0 spiro atoms. The summed E-state index contributed by atoms with van der Waals surface area (Å²) in [6, 6.07) is 0. The first-order chi connectivity index (χ1) is 6.61. The molecular formula is C10H24N4. The first kappa shape index (κ1) is 11.9. The Morgan fingerprint density at radius 2 is 1.57 bits per heavy atom. The van der Waals surface area contributed by atoms with Crippen molar-refractivity contribution in [2.75, 3.05) is 60.9 Å². The molecule has 0 radical (unpaired) electrons. The zero-order chi connectivity index (χ0) is 10.6. The summed E-state index contributed by atoms with van der Waals surface area (Å²) in [5.74, 6) is 0. The van der Waals surface area contributed by atoms with Gasteiger partial charge >= 0.3 is 0 Å². The van der Waals surface area contributed by atoms with Crippen molar-refractivity contribution in [1.29, 1.82) is 0 Å². The van der Waals surface area contributed by atoms with Gasteiger partial charge in [0.2, 0.25) is 0 Å². The van der Waals surface area contributed by atoms with E-state index in [-0.39, 0.29) is 0 Å². The van der Waals surface area contributed by atoms with Crippen LogP contribution in [-0.4, -0.2) is 81.8 Å². The largest absolute Gasteiger partial charge is 0.314 e. The molecule has 1 saturated heterocycles. The highest BCUT2D eigenvalue weighted by molar-refractivity contribution is 4.73. The predicted octanol–water partition coefficient (Wildman–Crippen LogP) is -0.659. The van der Waals surface area contributed by atoms with Gasteiger partial charge in [0.15, 0.2) is 0 Å². The minimum atomic E-state index is 0.521. The SMILES string of the molecule is CN(C)C(CN1CCNCC1)N(C)C. The molecule has 0 aromatic heterocycles. The van der Waals surface area contributed by atoms with Crippen LogP contribution in [0.3, 0.4) is 0 Å². The number of likely N-dealkylation sites (N-methyl/N-ethyl adjacent to an activating group) is 2. The minimum absolute atomic E-state index is 0.521. The number of hydrogen-bond donors (Lipinski definition) is 1. The summed E-state index contributed by atoms with van der Waals surface area (Å²) in [5.41, 5.74) is 0. The molecule has 0 aliphatic carbocycles. The van der Waals surface area contributed by atoms with Crippen molar-refractivity contribution in [3.63, 3.8) is 0 Å². The third kappa shape index (κ3) is 3.53. The van der Waals surface area contributed by atoms with E-state index < -0.39 is 0 Å². The maximum absolute atomic E-state index is 3.38. The maximum atomic E-state index is 3.38. The van der Waals surface area contributed by atoms with E-state index in [1.165, 1.54) is 13.1 Å². The van der Waals surface area contributed by atoms with Gasteiger partial charge in [0.05, 0.1) is 6.17 Å². The Labute approximate surface area is 87.8 Å². The smallest absolute Gasteiger partial charge is 0.0743 e. The van der Waals surface area contributed by atoms with Crippen LogP contribution in [0.4, 0.5) is 0 Å². The van der Waals surface area contributed by atoms with E-state index in [1.54, 1.807) is 0 Å². The highest BCUT2D eigenvalue weighted by Crippen LogP contribution is 2.02. The summed E-state index contributed by atoms with van der Waals surface area (Å²) in [5, 5.41) is 3.38. The summed E-state index contributed by atoms with van der Waals surface area (Å²) in [6.07, 6.45) is 0.521. The first-order valence-electron chi connectivity index (χ1n) is 5.37. The van der Waals surface area contributed by atoms with Crippen molar-refractivity contribution in [3.05, 3.63) is 0 Å². The van der Waals surface area contributed by atoms with Gasteiger partial charge in [-0.1, -0.05) is 0 Å². The third-order valence-corrected chi connectivity index (χ3v) is 2.82. The zero-order valence-electron chi connectivity index (χ0n) is 9.95. The van der Waals surface area contributed by atoms with Gasteiger partial charge in [0.25, 0.3) is 0 Å². The van der Waals surface area contributed by atoms with Crippen LogP contribution in [0, 0.1) is 0 Å². The predicted molar refractivity (Wildman–Crippen MR) is 60.5 cm³/mol. The fraction of sp³-hybridized carbons (Fsp3) is 1.00. The topological polar surface area (TPSA) is 21.8 Å². The van der Waals surface area contributed by atoms with E-state index in [0.29, 0.717) is 6.17 Å². The summed E-state index contributed by atoms with van der Waals surface area (Å²) >= 11 is 0. The summed E-state index contributed by atoms with van der Waals surface area (Å²) in [7, 11) is 8.58. The first-order valence-corrected chi connectivity index (χ1v) is 5.37. The number of nitrogens with one attached hydrogen (secondary N) is 1. The van der Waals surface area contributed by atoms with Crippen LogP contribution >= 0.6 is 0 Å². The van der Waals surface area contributed by atoms with E-state index in [9.17, 15) is 0 Å². The molecule has 1 rings (SSSR count). The Morgan fingerprint density at radius 1 is 1.07 bits per heavy atom.